The molecular formula is C17H30N4. The number of piperidine rings is 1. The Kier molecular flexibility index (Phi) is 5.43. The first-order chi connectivity index (χ1) is 10.0. The second kappa shape index (κ2) is 7.10. The minimum absolute atomic E-state index is 0.429. The van der Waals surface area contributed by atoms with Gasteiger partial charge >= 0.3 is 0 Å². The van der Waals surface area contributed by atoms with Crippen molar-refractivity contribution in [2.75, 3.05) is 29.9 Å². The Bertz CT molecular complexity index is 448. The Balaban J connectivity index is 2.22. The lowest BCUT2D eigenvalue weighted by molar-refractivity contribution is 0.310. The summed E-state index contributed by atoms with van der Waals surface area (Å²) in [7, 11) is 0. The first kappa shape index (κ1) is 16.1. The highest BCUT2D eigenvalue weighted by Gasteiger charge is 2.25. The number of nitrogens with zero attached hydrogens (tertiary/aromatic N) is 3. The van der Waals surface area contributed by atoms with Crippen LogP contribution in [0.15, 0.2) is 6.33 Å². The number of anilines is 2. The Morgan fingerprint density at radius 3 is 2.38 bits per heavy atom. The molecule has 0 atom stereocenters. The van der Waals surface area contributed by atoms with Crippen molar-refractivity contribution in [1.82, 2.24) is 9.97 Å². The van der Waals surface area contributed by atoms with E-state index in [0.29, 0.717) is 5.92 Å². The number of rotatable bonds is 5. The topological polar surface area (TPSA) is 41.1 Å². The normalized spacial score (nSPS) is 16.8. The van der Waals surface area contributed by atoms with Gasteiger partial charge < -0.3 is 10.2 Å². The summed E-state index contributed by atoms with van der Waals surface area (Å²) in [4.78, 5) is 11.5. The molecule has 1 aromatic heterocycles. The monoisotopic (exact) mass is 290 g/mol. The summed E-state index contributed by atoms with van der Waals surface area (Å²) in [6, 6.07) is 0. The van der Waals surface area contributed by atoms with E-state index in [4.69, 9.17) is 0 Å². The first-order valence-electron chi connectivity index (χ1n) is 8.38. The van der Waals surface area contributed by atoms with Gasteiger partial charge in [-0.25, -0.2) is 9.97 Å². The van der Waals surface area contributed by atoms with Crippen LogP contribution >= 0.6 is 0 Å². The maximum absolute atomic E-state index is 4.61. The van der Waals surface area contributed by atoms with Gasteiger partial charge in [0.15, 0.2) is 0 Å². The molecule has 0 spiro atoms. The third-order valence-corrected chi connectivity index (χ3v) is 4.57. The molecule has 118 valence electrons. The largest absolute Gasteiger partial charge is 0.370 e. The zero-order valence-corrected chi connectivity index (χ0v) is 14.2. The number of aromatic nitrogens is 2. The predicted octanol–water partition coefficient (Wildman–Crippen LogP) is 3.90. The third kappa shape index (κ3) is 3.66. The van der Waals surface area contributed by atoms with Gasteiger partial charge in [-0.15, -0.1) is 0 Å². The number of nitrogens with one attached hydrogen (secondary N) is 1. The molecule has 2 rings (SSSR count). The van der Waals surface area contributed by atoms with E-state index in [2.05, 4.69) is 54.8 Å². The highest BCUT2D eigenvalue weighted by molar-refractivity contribution is 5.60. The van der Waals surface area contributed by atoms with E-state index in [-0.39, 0.29) is 0 Å². The van der Waals surface area contributed by atoms with Gasteiger partial charge in [-0.3, -0.25) is 0 Å². The zero-order chi connectivity index (χ0) is 15.4. The lowest BCUT2D eigenvalue weighted by atomic mass is 9.86. The molecule has 0 aromatic carbocycles. The molecule has 0 aliphatic carbocycles. The summed E-state index contributed by atoms with van der Waals surface area (Å²) in [5.74, 6) is 4.22. The molecule has 1 aliphatic heterocycles. The summed E-state index contributed by atoms with van der Waals surface area (Å²) in [5.41, 5.74) is 1.27. The summed E-state index contributed by atoms with van der Waals surface area (Å²) in [6.45, 7) is 14.4. The quantitative estimate of drug-likeness (QED) is 0.893. The van der Waals surface area contributed by atoms with E-state index in [9.17, 15) is 0 Å². The van der Waals surface area contributed by atoms with Crippen molar-refractivity contribution < 1.29 is 0 Å². The van der Waals surface area contributed by atoms with Gasteiger partial charge in [-0.1, -0.05) is 27.7 Å². The van der Waals surface area contributed by atoms with Crippen LogP contribution < -0.4 is 10.2 Å². The average Bonchev–Trinajstić information content (AvgIpc) is 2.47. The van der Waals surface area contributed by atoms with Gasteiger partial charge in [0.25, 0.3) is 0 Å². The fourth-order valence-corrected chi connectivity index (χ4v) is 3.26. The Hall–Kier alpha value is -1.32. The van der Waals surface area contributed by atoms with E-state index in [1.807, 2.05) is 0 Å². The molecule has 0 saturated carbocycles. The summed E-state index contributed by atoms with van der Waals surface area (Å²) in [6.07, 6.45) is 4.25. The van der Waals surface area contributed by atoms with Crippen LogP contribution in [0.25, 0.3) is 0 Å². The van der Waals surface area contributed by atoms with Crippen LogP contribution in [0.5, 0.6) is 0 Å². The Labute approximate surface area is 129 Å². The molecule has 4 nitrogen and oxygen atoms in total. The van der Waals surface area contributed by atoms with Gasteiger partial charge in [-0.2, -0.15) is 0 Å². The van der Waals surface area contributed by atoms with Crippen LogP contribution in [0.1, 0.15) is 58.9 Å². The van der Waals surface area contributed by atoms with E-state index in [1.165, 1.54) is 18.4 Å². The third-order valence-electron chi connectivity index (χ3n) is 4.57. The van der Waals surface area contributed by atoms with Crippen molar-refractivity contribution in [2.24, 2.45) is 11.8 Å². The van der Waals surface area contributed by atoms with Gasteiger partial charge in [0.05, 0.1) is 0 Å². The van der Waals surface area contributed by atoms with Crippen molar-refractivity contribution in [3.05, 3.63) is 11.9 Å². The van der Waals surface area contributed by atoms with Crippen LogP contribution in [0.2, 0.25) is 0 Å². The molecule has 4 heteroatoms. The van der Waals surface area contributed by atoms with E-state index < -0.39 is 0 Å². The Morgan fingerprint density at radius 2 is 1.86 bits per heavy atom. The highest BCUT2D eigenvalue weighted by Crippen LogP contribution is 2.34. The zero-order valence-electron chi connectivity index (χ0n) is 14.2. The van der Waals surface area contributed by atoms with Gasteiger partial charge in [0, 0.05) is 25.2 Å². The van der Waals surface area contributed by atoms with Crippen molar-refractivity contribution >= 4 is 11.6 Å². The molecule has 1 N–H and O–H groups in total. The lowest BCUT2D eigenvalue weighted by Crippen LogP contribution is -2.36. The number of hydrogen-bond acceptors (Lipinski definition) is 4. The van der Waals surface area contributed by atoms with E-state index in [1.54, 1.807) is 6.33 Å². The van der Waals surface area contributed by atoms with E-state index in [0.717, 1.165) is 43.1 Å². The lowest BCUT2D eigenvalue weighted by Gasteiger charge is -2.36. The molecule has 0 bridgehead atoms. The predicted molar refractivity (Wildman–Crippen MR) is 90.1 cm³/mol. The molecule has 1 fully saturated rings. The summed E-state index contributed by atoms with van der Waals surface area (Å²) in [5, 5.41) is 3.39. The van der Waals surface area contributed by atoms with Crippen molar-refractivity contribution in [1.29, 1.82) is 0 Å². The van der Waals surface area contributed by atoms with Crippen molar-refractivity contribution in [3.8, 4) is 0 Å². The highest BCUT2D eigenvalue weighted by atomic mass is 15.2. The Morgan fingerprint density at radius 1 is 1.19 bits per heavy atom. The van der Waals surface area contributed by atoms with Crippen molar-refractivity contribution in [3.63, 3.8) is 0 Å². The molecule has 1 saturated heterocycles. The molecular weight excluding hydrogens is 260 g/mol. The molecule has 0 radical (unpaired) electrons. The summed E-state index contributed by atoms with van der Waals surface area (Å²) < 4.78 is 0. The van der Waals surface area contributed by atoms with Crippen LogP contribution in [-0.2, 0) is 0 Å². The maximum Gasteiger partial charge on any atom is 0.137 e. The molecule has 0 unspecified atom stereocenters. The van der Waals surface area contributed by atoms with Crippen LogP contribution in [0.4, 0.5) is 11.6 Å². The standard InChI is InChI=1S/C17H30N4/c1-6-18-16-15(13(4)5)17(20-11-19-16)21-9-7-14(8-10-21)12(2)3/h11-14H,6-10H2,1-5H3,(H,18,19,20). The SMILES string of the molecule is CCNc1ncnc(N2CCC(C(C)C)CC2)c1C(C)C. The molecule has 21 heavy (non-hydrogen) atoms. The van der Waals surface area contributed by atoms with Gasteiger partial charge in [0.2, 0.25) is 0 Å². The van der Waals surface area contributed by atoms with Crippen molar-refractivity contribution in [2.45, 2.75) is 53.4 Å². The number of hydrogen-bond donors (Lipinski definition) is 1. The second-order valence-corrected chi connectivity index (χ2v) is 6.71. The first-order valence-corrected chi connectivity index (χ1v) is 8.38. The maximum atomic E-state index is 4.61. The molecule has 2 heterocycles. The molecule has 1 aliphatic rings. The smallest absolute Gasteiger partial charge is 0.137 e. The van der Waals surface area contributed by atoms with Crippen LogP contribution in [0, 0.1) is 11.8 Å². The molecule has 1 aromatic rings. The van der Waals surface area contributed by atoms with Crippen LogP contribution in [-0.4, -0.2) is 29.6 Å². The van der Waals surface area contributed by atoms with E-state index >= 15 is 0 Å². The second-order valence-electron chi connectivity index (χ2n) is 6.71. The minimum Gasteiger partial charge on any atom is -0.370 e. The average molecular weight is 290 g/mol. The van der Waals surface area contributed by atoms with Gasteiger partial charge in [0.1, 0.15) is 18.0 Å². The van der Waals surface area contributed by atoms with Gasteiger partial charge in [-0.05, 0) is 37.5 Å². The fraction of sp³-hybridized carbons (Fsp3) is 0.765. The molecule has 0 amide bonds. The summed E-state index contributed by atoms with van der Waals surface area (Å²) >= 11 is 0. The van der Waals surface area contributed by atoms with Crippen LogP contribution in [0.3, 0.4) is 0 Å². The fourth-order valence-electron chi connectivity index (χ4n) is 3.26. The minimum atomic E-state index is 0.429.